The molecule has 0 fully saturated rings. The maximum atomic E-state index is 9.75. The zero-order chi connectivity index (χ0) is 6.41. The van der Waals surface area contributed by atoms with Crippen LogP contribution in [0.3, 0.4) is 0 Å². The molecular weight excluding hydrogens is 122 g/mol. The molecule has 1 atom stereocenters. The second-order valence-electron chi connectivity index (χ2n) is 1.51. The average Bonchev–Trinajstić information content (AvgIpc) is 1.83. The number of hydrogen-bond donors (Lipinski definition) is 1. The third-order valence-corrected chi connectivity index (χ3v) is 1.43. The van der Waals surface area contributed by atoms with E-state index in [1.807, 2.05) is 6.26 Å². The van der Waals surface area contributed by atoms with Crippen LogP contribution in [0.5, 0.6) is 0 Å². The van der Waals surface area contributed by atoms with Crippen LogP contribution in [-0.4, -0.2) is 24.3 Å². The summed E-state index contributed by atoms with van der Waals surface area (Å²) in [5, 5.41) is 0. The fourth-order valence-corrected chi connectivity index (χ4v) is 0.793. The lowest BCUT2D eigenvalue weighted by atomic mass is 10.3. The molecule has 0 bridgehead atoms. The van der Waals surface area contributed by atoms with E-state index >= 15 is 0 Å². The molecule has 8 heavy (non-hydrogen) atoms. The highest BCUT2D eigenvalue weighted by atomic mass is 32.2. The number of hydrogen-bond acceptors (Lipinski definition) is 3. The van der Waals surface area contributed by atoms with Crippen molar-refractivity contribution >= 4 is 18.0 Å². The normalized spacial score (nSPS) is 13.2. The van der Waals surface area contributed by atoms with Crippen molar-refractivity contribution in [3.05, 3.63) is 0 Å². The number of nitrogens with two attached hydrogens (primary N) is 1. The van der Waals surface area contributed by atoms with E-state index in [0.717, 1.165) is 12.2 Å². The molecule has 0 rings (SSSR count). The van der Waals surface area contributed by atoms with E-state index in [0.29, 0.717) is 0 Å². The number of carbonyl (C=O) groups excluding carboxylic acids is 1. The first kappa shape index (κ1) is 7.98. The Hall–Kier alpha value is -0.0200. The molecule has 0 aliphatic rings. The zero-order valence-corrected chi connectivity index (χ0v) is 5.70. The van der Waals surface area contributed by atoms with Crippen LogP contribution in [0.15, 0.2) is 0 Å². The van der Waals surface area contributed by atoms with Crippen LogP contribution in [0.25, 0.3) is 0 Å². The smallest absolute Gasteiger partial charge is 0.216 e. The molecule has 0 saturated carbocycles. The monoisotopic (exact) mass is 132 g/mol. The van der Waals surface area contributed by atoms with Crippen molar-refractivity contribution in [1.82, 2.24) is 0 Å². The van der Waals surface area contributed by atoms with Gasteiger partial charge >= 0.3 is 0 Å². The van der Waals surface area contributed by atoms with Crippen LogP contribution in [0.4, 0.5) is 0 Å². The highest BCUT2D eigenvalue weighted by Crippen LogP contribution is 1.95. The van der Waals surface area contributed by atoms with Crippen molar-refractivity contribution in [2.75, 3.05) is 12.0 Å². The van der Waals surface area contributed by atoms with E-state index in [-0.39, 0.29) is 6.04 Å². The minimum Gasteiger partial charge on any atom is -0.321 e. The molecule has 2 nitrogen and oxygen atoms in total. The lowest BCUT2D eigenvalue weighted by Gasteiger charge is -1.97. The molecule has 0 aromatic rings. The van der Waals surface area contributed by atoms with Crippen molar-refractivity contribution in [1.29, 1.82) is 0 Å². The summed E-state index contributed by atoms with van der Waals surface area (Å²) < 4.78 is 0. The van der Waals surface area contributed by atoms with Crippen LogP contribution in [0, 0.1) is 0 Å². The predicted molar refractivity (Wildman–Crippen MR) is 36.7 cm³/mol. The summed E-state index contributed by atoms with van der Waals surface area (Å²) in [5.41, 5.74) is 5.22. The third kappa shape index (κ3) is 4.15. The van der Waals surface area contributed by atoms with Gasteiger partial charge in [-0.15, -0.1) is 0 Å². The van der Waals surface area contributed by atoms with Crippen molar-refractivity contribution in [3.8, 4) is 0 Å². The molecule has 1 unspecified atom stereocenters. The van der Waals surface area contributed by atoms with Crippen LogP contribution < -0.4 is 5.73 Å². The Morgan fingerprint density at radius 2 is 2.50 bits per heavy atom. The van der Waals surface area contributed by atoms with Gasteiger partial charge in [-0.05, 0) is 18.4 Å². The number of rotatable bonds is 4. The Labute approximate surface area is 53.8 Å². The van der Waals surface area contributed by atoms with Crippen LogP contribution in [0.1, 0.15) is 6.42 Å². The summed E-state index contributed by atoms with van der Waals surface area (Å²) in [6.07, 6.45) is 4.44. The van der Waals surface area contributed by atoms with Gasteiger partial charge < -0.3 is 5.73 Å². The molecule has 0 aliphatic carbocycles. The molecule has 0 amide bonds. The van der Waals surface area contributed by atoms with Crippen molar-refractivity contribution in [2.45, 2.75) is 12.5 Å². The Morgan fingerprint density at radius 3 is 2.88 bits per heavy atom. The molecule has 0 spiro atoms. The zero-order valence-electron chi connectivity index (χ0n) is 4.89. The van der Waals surface area contributed by atoms with Crippen molar-refractivity contribution < 1.29 is 4.79 Å². The van der Waals surface area contributed by atoms with E-state index in [9.17, 15) is 4.79 Å². The lowest BCUT2D eigenvalue weighted by Crippen LogP contribution is -2.21. The van der Waals surface area contributed by atoms with Gasteiger partial charge in [-0.3, -0.25) is 4.79 Å². The van der Waals surface area contributed by atoms with E-state index in [2.05, 4.69) is 0 Å². The SMILES string of the molecule is CSCCC(N)[C]=O. The van der Waals surface area contributed by atoms with Gasteiger partial charge in [-0.1, -0.05) is 0 Å². The fraction of sp³-hybridized carbons (Fsp3) is 0.800. The molecule has 0 heterocycles. The van der Waals surface area contributed by atoms with E-state index in [4.69, 9.17) is 5.73 Å². The topological polar surface area (TPSA) is 43.1 Å². The molecule has 47 valence electrons. The average molecular weight is 132 g/mol. The van der Waals surface area contributed by atoms with Crippen LogP contribution >= 0.6 is 11.8 Å². The summed E-state index contributed by atoms with van der Waals surface area (Å²) in [4.78, 5) is 9.75. The van der Waals surface area contributed by atoms with Gasteiger partial charge in [0.25, 0.3) is 0 Å². The lowest BCUT2D eigenvalue weighted by molar-refractivity contribution is 0.539. The van der Waals surface area contributed by atoms with Crippen LogP contribution in [0.2, 0.25) is 0 Å². The van der Waals surface area contributed by atoms with E-state index in [1.54, 1.807) is 18.0 Å². The summed E-state index contributed by atoms with van der Waals surface area (Å²) in [5.74, 6) is 0.941. The predicted octanol–water partition coefficient (Wildman–Crippen LogP) is 0.176. The maximum absolute atomic E-state index is 9.75. The fourth-order valence-electron chi connectivity index (χ4n) is 0.304. The molecule has 1 radical (unpaired) electrons. The minimum absolute atomic E-state index is 0.373. The Balaban J connectivity index is 2.98. The summed E-state index contributed by atoms with van der Waals surface area (Å²) >= 11 is 1.69. The highest BCUT2D eigenvalue weighted by molar-refractivity contribution is 7.98. The Morgan fingerprint density at radius 1 is 1.88 bits per heavy atom. The van der Waals surface area contributed by atoms with Gasteiger partial charge in [0, 0.05) is 0 Å². The molecule has 0 aromatic heterocycles. The second kappa shape index (κ2) is 5.12. The third-order valence-electron chi connectivity index (χ3n) is 0.784. The molecule has 0 saturated heterocycles. The van der Waals surface area contributed by atoms with Gasteiger partial charge in [0.2, 0.25) is 6.29 Å². The standard InChI is InChI=1S/C5H10NOS/c1-8-3-2-5(6)4-7/h5H,2-3,6H2,1H3. The van der Waals surface area contributed by atoms with Gasteiger partial charge in [0.05, 0.1) is 6.04 Å². The summed E-state index contributed by atoms with van der Waals surface area (Å²) in [6.45, 7) is 0. The first-order valence-corrected chi connectivity index (χ1v) is 3.83. The van der Waals surface area contributed by atoms with Crippen molar-refractivity contribution in [3.63, 3.8) is 0 Å². The molecule has 3 heteroatoms. The summed E-state index contributed by atoms with van der Waals surface area (Å²) in [6, 6.07) is -0.373. The van der Waals surface area contributed by atoms with Gasteiger partial charge in [-0.2, -0.15) is 11.8 Å². The first-order valence-electron chi connectivity index (χ1n) is 2.43. The van der Waals surface area contributed by atoms with E-state index < -0.39 is 0 Å². The van der Waals surface area contributed by atoms with Gasteiger partial charge in [-0.25, -0.2) is 0 Å². The van der Waals surface area contributed by atoms with E-state index in [1.165, 1.54) is 0 Å². The van der Waals surface area contributed by atoms with Crippen molar-refractivity contribution in [2.24, 2.45) is 5.73 Å². The van der Waals surface area contributed by atoms with Gasteiger partial charge in [0.1, 0.15) is 0 Å². The molecule has 0 aromatic carbocycles. The second-order valence-corrected chi connectivity index (χ2v) is 2.49. The largest absolute Gasteiger partial charge is 0.321 e. The molecule has 2 N–H and O–H groups in total. The summed E-state index contributed by atoms with van der Waals surface area (Å²) in [7, 11) is 0. The molecular formula is C5H10NOS. The first-order chi connectivity index (χ1) is 3.81. The quantitative estimate of drug-likeness (QED) is 0.593. The Bertz CT molecular complexity index is 67.4. The minimum atomic E-state index is -0.373. The highest BCUT2D eigenvalue weighted by Gasteiger charge is 1.97. The molecule has 0 aliphatic heterocycles. The number of thioether (sulfide) groups is 1. The Kier molecular flexibility index (Phi) is 5.11. The van der Waals surface area contributed by atoms with Gasteiger partial charge in [0.15, 0.2) is 0 Å². The van der Waals surface area contributed by atoms with Crippen LogP contribution in [-0.2, 0) is 4.79 Å². The maximum Gasteiger partial charge on any atom is 0.216 e.